The van der Waals surface area contributed by atoms with Crippen LogP contribution >= 0.6 is 0 Å². The van der Waals surface area contributed by atoms with Gasteiger partial charge < -0.3 is 19.1 Å². The van der Waals surface area contributed by atoms with Crippen LogP contribution in [0, 0.1) is 5.82 Å². The highest BCUT2D eigenvalue weighted by Gasteiger charge is 2.41. The lowest BCUT2D eigenvalue weighted by molar-refractivity contribution is -0.0498. The zero-order chi connectivity index (χ0) is 26.2. The molecule has 1 saturated heterocycles. The highest BCUT2D eigenvalue weighted by molar-refractivity contribution is 5.75. The predicted molar refractivity (Wildman–Crippen MR) is 127 cm³/mol. The third-order valence-corrected chi connectivity index (χ3v) is 6.13. The van der Waals surface area contributed by atoms with Crippen molar-refractivity contribution in [3.63, 3.8) is 0 Å². The van der Waals surface area contributed by atoms with Gasteiger partial charge in [0.2, 0.25) is 5.88 Å². The smallest absolute Gasteiger partial charge is 0.387 e. The molecule has 1 aliphatic rings. The zero-order valence-electron chi connectivity index (χ0n) is 19.8. The molecule has 0 amide bonds. The predicted octanol–water partition coefficient (Wildman–Crippen LogP) is 2.60. The standard InChI is InChI=1S/C24H24F3N7O3/c1-3-34-18-12-15(19-30-32-33-31-19)21(36-2)28-20(18)29-22(34)24(35,16-6-4-5-7-17(16)25)13-8-10-14(11-9-13)37-23(26)27/h4-12,19,23,30-33,35H,3H2,1-2H3. The number of imidazole rings is 1. The van der Waals surface area contributed by atoms with Crippen molar-refractivity contribution >= 4 is 11.2 Å². The Hall–Kier alpha value is -3.75. The summed E-state index contributed by atoms with van der Waals surface area (Å²) in [5.74, 6) is -0.394. The molecule has 0 spiro atoms. The number of rotatable bonds is 8. The number of alkyl halides is 2. The Labute approximate surface area is 209 Å². The van der Waals surface area contributed by atoms with E-state index in [1.54, 1.807) is 10.6 Å². The van der Waals surface area contributed by atoms with Gasteiger partial charge >= 0.3 is 6.61 Å². The molecule has 1 aliphatic heterocycles. The molecule has 10 nitrogen and oxygen atoms in total. The average molecular weight is 515 g/mol. The second-order valence-corrected chi connectivity index (χ2v) is 8.17. The van der Waals surface area contributed by atoms with Crippen LogP contribution in [0.2, 0.25) is 0 Å². The molecular formula is C24H24F3N7O3. The quantitative estimate of drug-likeness (QED) is 0.241. The molecular weight excluding hydrogens is 491 g/mol. The number of benzene rings is 2. The van der Waals surface area contributed by atoms with Gasteiger partial charge in [-0.15, -0.1) is 0 Å². The van der Waals surface area contributed by atoms with Crippen LogP contribution in [-0.4, -0.2) is 33.4 Å². The van der Waals surface area contributed by atoms with Gasteiger partial charge in [-0.3, -0.25) is 0 Å². The molecule has 3 heterocycles. The van der Waals surface area contributed by atoms with Crippen molar-refractivity contribution in [2.45, 2.75) is 31.8 Å². The van der Waals surface area contributed by atoms with E-state index in [0.29, 0.717) is 23.5 Å². The number of fused-ring (bicyclic) bond motifs is 1. The lowest BCUT2D eigenvalue weighted by atomic mass is 9.85. The van der Waals surface area contributed by atoms with Gasteiger partial charge in [0.1, 0.15) is 17.7 Å². The maximum Gasteiger partial charge on any atom is 0.387 e. The summed E-state index contributed by atoms with van der Waals surface area (Å²) in [5.41, 5.74) is 10.9. The summed E-state index contributed by atoms with van der Waals surface area (Å²) in [6.07, 6.45) is -0.400. The number of pyridine rings is 1. The molecule has 5 rings (SSSR count). The number of ether oxygens (including phenoxy) is 2. The van der Waals surface area contributed by atoms with E-state index in [4.69, 9.17) is 4.74 Å². The van der Waals surface area contributed by atoms with Crippen molar-refractivity contribution in [2.24, 2.45) is 0 Å². The molecule has 1 fully saturated rings. The van der Waals surface area contributed by atoms with E-state index in [1.165, 1.54) is 49.6 Å². The second-order valence-electron chi connectivity index (χ2n) is 8.17. The minimum atomic E-state index is -3.01. The van der Waals surface area contributed by atoms with Crippen molar-refractivity contribution in [1.82, 2.24) is 36.5 Å². The molecule has 4 aromatic rings. The van der Waals surface area contributed by atoms with Gasteiger partial charge in [0.25, 0.3) is 0 Å². The van der Waals surface area contributed by atoms with Crippen LogP contribution in [0.1, 0.15) is 35.6 Å². The monoisotopic (exact) mass is 515 g/mol. The number of aliphatic hydroxyl groups is 1. The number of nitrogens with one attached hydrogen (secondary N) is 4. The molecule has 0 bridgehead atoms. The Morgan fingerprint density at radius 3 is 2.41 bits per heavy atom. The first kappa shape index (κ1) is 24.9. The van der Waals surface area contributed by atoms with Gasteiger partial charge in [0.15, 0.2) is 17.1 Å². The number of aromatic nitrogens is 3. The average Bonchev–Trinajstić information content (AvgIpc) is 3.55. The lowest BCUT2D eigenvalue weighted by Gasteiger charge is -2.30. The van der Waals surface area contributed by atoms with Crippen LogP contribution in [0.3, 0.4) is 0 Å². The van der Waals surface area contributed by atoms with Gasteiger partial charge in [-0.1, -0.05) is 30.3 Å². The van der Waals surface area contributed by atoms with E-state index < -0.39 is 24.2 Å². The van der Waals surface area contributed by atoms with Crippen LogP contribution in [0.5, 0.6) is 11.6 Å². The maximum atomic E-state index is 15.2. The first-order valence-corrected chi connectivity index (χ1v) is 11.4. The number of hydrazine groups is 3. The van der Waals surface area contributed by atoms with E-state index in [-0.39, 0.29) is 28.3 Å². The van der Waals surface area contributed by atoms with Crippen molar-refractivity contribution in [1.29, 1.82) is 0 Å². The summed E-state index contributed by atoms with van der Waals surface area (Å²) in [6.45, 7) is -0.805. The van der Waals surface area contributed by atoms with Crippen molar-refractivity contribution in [2.75, 3.05) is 7.11 Å². The molecule has 0 saturated carbocycles. The molecule has 1 atom stereocenters. The molecule has 194 valence electrons. The normalized spacial score (nSPS) is 15.9. The van der Waals surface area contributed by atoms with Gasteiger partial charge in [0, 0.05) is 12.1 Å². The Kier molecular flexibility index (Phi) is 6.70. The molecule has 5 N–H and O–H groups in total. The fourth-order valence-electron chi connectivity index (χ4n) is 4.46. The van der Waals surface area contributed by atoms with Gasteiger partial charge in [-0.25, -0.2) is 20.2 Å². The number of methoxy groups -OCH3 is 1. The third-order valence-electron chi connectivity index (χ3n) is 6.13. The fraction of sp³-hybridized carbons (Fsp3) is 0.250. The number of hydrogen-bond donors (Lipinski definition) is 5. The zero-order valence-corrected chi connectivity index (χ0v) is 19.8. The SMILES string of the molecule is CCn1c(C(O)(c2ccc(OC(F)F)cc2)c2ccccc2F)nc2nc(OC)c(C3NNNN3)cc21. The van der Waals surface area contributed by atoms with Crippen molar-refractivity contribution < 1.29 is 27.8 Å². The Bertz CT molecular complexity index is 1410. The van der Waals surface area contributed by atoms with E-state index in [9.17, 15) is 13.9 Å². The molecule has 2 aromatic heterocycles. The first-order valence-electron chi connectivity index (χ1n) is 11.4. The topological polar surface area (TPSA) is 118 Å². The Morgan fingerprint density at radius 2 is 1.78 bits per heavy atom. The van der Waals surface area contributed by atoms with Crippen LogP contribution in [0.15, 0.2) is 54.6 Å². The van der Waals surface area contributed by atoms with Crippen LogP contribution in [0.4, 0.5) is 13.2 Å². The summed E-state index contributed by atoms with van der Waals surface area (Å²) in [4.78, 5) is 9.17. The molecule has 37 heavy (non-hydrogen) atoms. The Balaban J connectivity index is 1.74. The number of halogens is 3. The molecule has 2 aromatic carbocycles. The maximum absolute atomic E-state index is 15.2. The summed E-state index contributed by atoms with van der Waals surface area (Å²) < 4.78 is 52.2. The highest BCUT2D eigenvalue weighted by atomic mass is 19.3. The highest BCUT2D eigenvalue weighted by Crippen LogP contribution is 2.40. The van der Waals surface area contributed by atoms with Gasteiger partial charge in [0.05, 0.1) is 18.2 Å². The van der Waals surface area contributed by atoms with E-state index >= 15 is 4.39 Å². The van der Waals surface area contributed by atoms with Gasteiger partial charge in [-0.05, 0) is 36.8 Å². The summed E-state index contributed by atoms with van der Waals surface area (Å²) in [7, 11) is 1.48. The van der Waals surface area contributed by atoms with Gasteiger partial charge in [-0.2, -0.15) is 24.8 Å². The number of nitrogens with zero attached hydrogens (tertiary/aromatic N) is 3. The van der Waals surface area contributed by atoms with Crippen LogP contribution in [0.25, 0.3) is 11.2 Å². The number of hydrogen-bond acceptors (Lipinski definition) is 9. The second kappa shape index (κ2) is 9.95. The molecule has 0 radical (unpaired) electrons. The molecule has 1 unspecified atom stereocenters. The van der Waals surface area contributed by atoms with Crippen molar-refractivity contribution in [3.05, 3.63) is 82.9 Å². The number of aryl methyl sites for hydroxylation is 1. The fourth-order valence-corrected chi connectivity index (χ4v) is 4.46. The summed E-state index contributed by atoms with van der Waals surface area (Å²) >= 11 is 0. The van der Waals surface area contributed by atoms with E-state index in [0.717, 1.165) is 0 Å². The lowest BCUT2D eigenvalue weighted by Crippen LogP contribution is -2.33. The van der Waals surface area contributed by atoms with Crippen molar-refractivity contribution in [3.8, 4) is 11.6 Å². The van der Waals surface area contributed by atoms with E-state index in [1.807, 2.05) is 13.0 Å². The van der Waals surface area contributed by atoms with E-state index in [2.05, 4.69) is 36.6 Å². The Morgan fingerprint density at radius 1 is 1.08 bits per heavy atom. The molecule has 0 aliphatic carbocycles. The van der Waals surface area contributed by atoms with Crippen LogP contribution < -0.4 is 31.4 Å². The minimum absolute atomic E-state index is 0.0674. The first-order chi connectivity index (χ1) is 17.9. The van der Waals surface area contributed by atoms with Crippen LogP contribution in [-0.2, 0) is 12.1 Å². The third kappa shape index (κ3) is 4.36. The minimum Gasteiger partial charge on any atom is -0.481 e. The largest absolute Gasteiger partial charge is 0.481 e. The molecule has 13 heteroatoms. The summed E-state index contributed by atoms with van der Waals surface area (Å²) in [6, 6.07) is 12.9. The summed E-state index contributed by atoms with van der Waals surface area (Å²) in [5, 5.41) is 12.3.